The number of nitrogens with two attached hydrogens (primary N) is 1. The smallest absolute Gasteiger partial charge is 0.274 e. The van der Waals surface area contributed by atoms with Gasteiger partial charge in [0.05, 0.1) is 30.2 Å². The molecule has 9 N–H and O–H groups in total. The number of hydrogen-bond acceptors (Lipinski definition) is 24. The number of ketones is 2. The summed E-state index contributed by atoms with van der Waals surface area (Å²) in [5, 5.41) is 45.8. The van der Waals surface area contributed by atoms with Gasteiger partial charge in [-0.05, 0) is 249 Å². The highest BCUT2D eigenvalue weighted by Crippen LogP contribution is 2.47. The van der Waals surface area contributed by atoms with Gasteiger partial charge < -0.3 is 75.0 Å². The van der Waals surface area contributed by atoms with E-state index in [9.17, 15) is 43.2 Å². The van der Waals surface area contributed by atoms with Crippen molar-refractivity contribution in [2.24, 2.45) is 45.7 Å². The van der Waals surface area contributed by atoms with Crippen molar-refractivity contribution in [3.05, 3.63) is 277 Å². The quantitative estimate of drug-likeness (QED) is 0.0182. The minimum atomic E-state index is -0.684. The monoisotopic (exact) mass is 2050 g/mol. The van der Waals surface area contributed by atoms with Gasteiger partial charge in [0.2, 0.25) is 5.91 Å². The van der Waals surface area contributed by atoms with Crippen molar-refractivity contribution in [3.8, 4) is 0 Å². The van der Waals surface area contributed by atoms with Crippen LogP contribution in [-0.2, 0) is 28.9 Å². The number of pyridine rings is 1. The second kappa shape index (κ2) is 50.2. The molecule has 7 aliphatic carbocycles. The second-order valence-electron chi connectivity index (χ2n) is 45.6. The molecule has 7 amide bonds. The number of piperidine rings is 1. The van der Waals surface area contributed by atoms with Gasteiger partial charge in [-0.25, -0.2) is 0 Å². The van der Waals surface area contributed by atoms with E-state index in [2.05, 4.69) is 174 Å². The Balaban J connectivity index is 0.000000136. The highest BCUT2D eigenvalue weighted by Gasteiger charge is 2.42. The predicted octanol–water partition coefficient (Wildman–Crippen LogP) is 21.4. The molecule has 2 aliphatic heterocycles. The molecule has 7 saturated carbocycles. The van der Waals surface area contributed by atoms with Crippen LogP contribution in [0, 0.1) is 46.8 Å². The van der Waals surface area contributed by atoms with E-state index >= 15 is 0 Å². The van der Waals surface area contributed by atoms with Crippen LogP contribution in [0.25, 0.3) is 0 Å². The molecular formula is C117H149ClN16O15. The van der Waals surface area contributed by atoms with Crippen LogP contribution in [-0.4, -0.2) is 144 Å². The third-order valence-corrected chi connectivity index (χ3v) is 30.1. The van der Waals surface area contributed by atoms with E-state index in [-0.39, 0.29) is 99.5 Å². The zero-order valence-corrected chi connectivity index (χ0v) is 89.3. The summed E-state index contributed by atoms with van der Waals surface area (Å²) in [5.74, 6) is 7.00. The number of likely N-dealkylation sites (tertiary alicyclic amines) is 1. The maximum Gasteiger partial charge on any atom is 0.274 e. The van der Waals surface area contributed by atoms with E-state index in [1.54, 1.807) is 60.6 Å². The number of carbonyl (C=O) groups is 9. The average molecular weight is 2060 g/mol. The van der Waals surface area contributed by atoms with E-state index in [4.69, 9.17) is 44.5 Å². The molecule has 794 valence electrons. The number of nitrogens with zero attached hydrogens (tertiary/aromatic N) is 8. The molecule has 4 aromatic carbocycles. The third kappa shape index (κ3) is 32.1. The van der Waals surface area contributed by atoms with Gasteiger partial charge in [-0.1, -0.05) is 227 Å². The van der Waals surface area contributed by atoms with Crippen LogP contribution in [0.4, 0.5) is 0 Å². The fraction of sp³-hybridized carbons (Fsp3) is 0.521. The Morgan fingerprint density at radius 1 is 0.477 bits per heavy atom. The van der Waals surface area contributed by atoms with Crippen molar-refractivity contribution in [3.63, 3.8) is 0 Å². The van der Waals surface area contributed by atoms with Crippen molar-refractivity contribution in [2.45, 2.75) is 316 Å². The van der Waals surface area contributed by atoms with Crippen molar-refractivity contribution in [1.82, 2.24) is 78.0 Å². The van der Waals surface area contributed by atoms with E-state index in [1.165, 1.54) is 50.5 Å². The first-order valence-corrected chi connectivity index (χ1v) is 54.0. The number of hydrogen-bond donors (Lipinski definition) is 8. The molecule has 7 aromatic heterocycles. The first-order chi connectivity index (χ1) is 71.3. The van der Waals surface area contributed by atoms with Crippen molar-refractivity contribution in [2.75, 3.05) is 32.7 Å². The summed E-state index contributed by atoms with van der Waals surface area (Å²) in [7, 11) is 0. The number of aromatic nitrogens is 7. The minimum Gasteiger partial charge on any atom is -0.361 e. The van der Waals surface area contributed by atoms with Gasteiger partial charge >= 0.3 is 0 Å². The van der Waals surface area contributed by atoms with Crippen LogP contribution in [0.15, 0.2) is 191 Å². The van der Waals surface area contributed by atoms with E-state index in [0.717, 1.165) is 172 Å². The van der Waals surface area contributed by atoms with Crippen molar-refractivity contribution in [1.29, 1.82) is 0 Å². The summed E-state index contributed by atoms with van der Waals surface area (Å²) in [6.45, 7) is 31.0. The summed E-state index contributed by atoms with van der Waals surface area (Å²) in [6, 6.07) is 45.8. The Hall–Kier alpha value is -12.9. The summed E-state index contributed by atoms with van der Waals surface area (Å²) in [5.41, 5.74) is 14.5. The number of amides is 7. The Kier molecular flexibility index (Phi) is 37.1. The normalized spacial score (nSPS) is 18.4. The SMILES string of the molecule is CC(C)(C)C(NC(=O)c1cc(C2CC2)on1)c1cccc(Cl)c1.CC1(C)CCC(C(C)(C)NC(=O)c2cc(C3CC3)on2)CC1.CCc1cc(C(=O)NC(c2cccc(C)c2)C(C)(C)C)no1.C[C@H](N)C(=O)N1CCC(C(NC(=O)c2cc(C3CC3)on2)C(=O)Cc2cccnc2)CC1.O=C(Cc1cccc(C(NC(=O)c2cc(C3CC3)on2)C2CCCCC2)c1)c1ccccc1.O=C(NC[C@H]1CCNC1)c1cc(C2CC2)on1. The predicted molar refractivity (Wildman–Crippen MR) is 566 cm³/mol. The fourth-order valence-electron chi connectivity index (χ4n) is 19.9. The molecule has 4 unspecified atom stereocenters. The zero-order valence-electron chi connectivity index (χ0n) is 88.5. The number of aryl methyl sites for hydroxylation is 2. The number of nitrogens with one attached hydrogen (secondary N) is 7. The molecule has 20 rings (SSSR count). The molecule has 9 fully saturated rings. The summed E-state index contributed by atoms with van der Waals surface area (Å²) in [4.78, 5) is 119. The van der Waals surface area contributed by atoms with E-state index < -0.39 is 18.0 Å². The molecule has 11 aromatic rings. The van der Waals surface area contributed by atoms with Gasteiger partial charge in [-0.15, -0.1) is 0 Å². The van der Waals surface area contributed by atoms with Crippen LogP contribution in [0.2, 0.25) is 5.02 Å². The molecular weight excluding hydrogens is 1900 g/mol. The Morgan fingerprint density at radius 2 is 0.946 bits per heavy atom. The molecule has 9 heterocycles. The van der Waals surface area contributed by atoms with Crippen LogP contribution >= 0.6 is 11.6 Å². The summed E-state index contributed by atoms with van der Waals surface area (Å²) >= 11 is 6.10. The van der Waals surface area contributed by atoms with Gasteiger partial charge in [0.1, 0.15) is 34.6 Å². The molecule has 0 radical (unpaired) electrons. The summed E-state index contributed by atoms with van der Waals surface area (Å²) < 4.78 is 31.5. The van der Waals surface area contributed by atoms with Crippen LogP contribution < -0.4 is 43.0 Å². The largest absolute Gasteiger partial charge is 0.361 e. The number of Topliss-reactive ketones (excluding diaryl/α,β-unsaturated/α-hetero) is 2. The maximum absolute atomic E-state index is 13.2. The first kappa shape index (κ1) is 110. The van der Waals surface area contributed by atoms with Crippen LogP contribution in [0.3, 0.4) is 0 Å². The highest BCUT2D eigenvalue weighted by atomic mass is 35.5. The van der Waals surface area contributed by atoms with Crippen molar-refractivity contribution >= 4 is 64.5 Å². The lowest BCUT2D eigenvalue weighted by molar-refractivity contribution is -0.134. The highest BCUT2D eigenvalue weighted by molar-refractivity contribution is 6.30. The second-order valence-corrected chi connectivity index (χ2v) is 46.1. The topological polar surface area (TPSA) is 436 Å². The first-order valence-electron chi connectivity index (χ1n) is 53.6. The van der Waals surface area contributed by atoms with E-state index in [1.807, 2.05) is 97.9 Å². The zero-order chi connectivity index (χ0) is 106. The van der Waals surface area contributed by atoms with Gasteiger partial charge in [0.25, 0.3) is 35.4 Å². The molecule has 6 atom stereocenters. The minimum absolute atomic E-state index is 0.0879. The maximum atomic E-state index is 13.2. The molecule has 32 heteroatoms. The van der Waals surface area contributed by atoms with Crippen molar-refractivity contribution < 1.29 is 70.3 Å². The molecule has 2 saturated heterocycles. The lowest BCUT2D eigenvalue weighted by Crippen LogP contribution is -2.52. The third-order valence-electron chi connectivity index (χ3n) is 29.8. The Morgan fingerprint density at radius 3 is 1.42 bits per heavy atom. The summed E-state index contributed by atoms with van der Waals surface area (Å²) in [6.07, 6.45) is 28.6. The molecule has 0 bridgehead atoms. The van der Waals surface area contributed by atoms with Gasteiger partial charge in [0.15, 0.2) is 45.7 Å². The van der Waals surface area contributed by atoms with Gasteiger partial charge in [0, 0.05) is 133 Å². The van der Waals surface area contributed by atoms with Gasteiger partial charge in [-0.3, -0.25) is 48.1 Å². The number of halogens is 1. The standard InChI is InChI=1S/C28H30N2O3.C23H29N5O4.C18H21ClN2O2.C18H28N2O2.C18H24N2O2.C12H17N3O2/c31-25(20-9-3-1-4-10-20)17-19-8-7-13-23(16-19)27(22-11-5-2-6-12-22)29-28(32)24-18-26(33-30-24)21-14-15-21;1-14(24)23(31)28-9-6-17(7-10-28)21(19(29)11-15-3-2-8-25-13-15)26-22(30)18-12-20(32-27-18)16-4-5-16;1-18(2,3)16(12-5-4-6-13(19)9-12)20-17(22)14-10-15(23-21-14)11-7-8-11;1-17(2)9-7-13(8-10-17)18(3,4)19-16(21)14-11-15(22-20-14)12-5-6-12;1-6-14-11-15(20-22-14)17(21)19-16(18(3,4)5)13-9-7-8-12(2)10-13;16-12(14-7-8-3-4-13-6-8)10-5-11(17-15-10)9-1-2-9/h1,3-4,7-10,13,16,18,21-22,27H,2,5-6,11-12,14-15,17H2,(H,29,32);2-3,8,12-14,16-17,21H,4-7,9-11,24H2,1H3,(H,26,30);4-6,9-11,16H,7-8H2,1-3H3,(H,20,22);11-13H,5-10H2,1-4H3,(H,19,21);7-11,16H,6H2,1-5H3,(H,19,21);5,8-9,13H,1-4,6-7H2,(H,14,16)/t;14-,21?;;;;8-/m.0...0/s1. The van der Waals surface area contributed by atoms with Gasteiger partial charge in [-0.2, -0.15) is 0 Å². The number of benzene rings is 4. The van der Waals surface area contributed by atoms with Crippen LogP contribution in [0.5, 0.6) is 0 Å². The molecule has 9 aliphatic rings. The molecule has 149 heavy (non-hydrogen) atoms. The Bertz CT molecular complexity index is 6310. The lowest BCUT2D eigenvalue weighted by atomic mass is 9.68. The number of carbonyl (C=O) groups excluding carboxylic acids is 9. The molecule has 31 nitrogen and oxygen atoms in total. The lowest BCUT2D eigenvalue weighted by Gasteiger charge is -2.42. The number of rotatable bonds is 32. The Labute approximate surface area is 878 Å². The van der Waals surface area contributed by atoms with E-state index in [0.29, 0.717) is 124 Å². The van der Waals surface area contributed by atoms with Crippen LogP contribution in [0.1, 0.15) is 413 Å². The average Bonchev–Trinajstić information content (AvgIpc) is 1.80. The fourth-order valence-corrected chi connectivity index (χ4v) is 20.1. The molecule has 0 spiro atoms.